The first-order chi connectivity index (χ1) is 7.40. The second-order valence-electron chi connectivity index (χ2n) is 3.94. The molecule has 1 aromatic rings. The van der Waals surface area contributed by atoms with Gasteiger partial charge in [0.2, 0.25) is 0 Å². The van der Waals surface area contributed by atoms with Crippen molar-refractivity contribution in [2.45, 2.75) is 12.7 Å². The van der Waals surface area contributed by atoms with E-state index in [2.05, 4.69) is 17.4 Å². The molecule has 0 spiro atoms. The summed E-state index contributed by atoms with van der Waals surface area (Å²) in [6.07, 6.45) is 0.148. The number of aliphatic hydroxyl groups excluding tert-OH is 1. The summed E-state index contributed by atoms with van der Waals surface area (Å²) in [5, 5.41) is 12.3. The first kappa shape index (κ1) is 10.6. The van der Waals surface area contributed by atoms with E-state index in [1.54, 1.807) is 0 Å². The summed E-state index contributed by atoms with van der Waals surface area (Å²) >= 11 is 0. The summed E-state index contributed by atoms with van der Waals surface area (Å²) < 4.78 is 5.77. The molecule has 2 unspecified atom stereocenters. The lowest BCUT2D eigenvalue weighted by atomic mass is 10.1. The van der Waals surface area contributed by atoms with Crippen molar-refractivity contribution < 1.29 is 9.84 Å². The van der Waals surface area contributed by atoms with Crippen LogP contribution in [0, 0.1) is 5.92 Å². The lowest BCUT2D eigenvalue weighted by Crippen LogP contribution is -2.25. The van der Waals surface area contributed by atoms with Crippen molar-refractivity contribution in [2.24, 2.45) is 5.92 Å². The van der Waals surface area contributed by atoms with Crippen LogP contribution in [0.25, 0.3) is 0 Å². The van der Waals surface area contributed by atoms with Gasteiger partial charge in [-0.25, -0.2) is 0 Å². The molecule has 2 atom stereocenters. The summed E-state index contributed by atoms with van der Waals surface area (Å²) in [7, 11) is 0. The summed E-state index contributed by atoms with van der Waals surface area (Å²) in [5.41, 5.74) is 1.18. The van der Waals surface area contributed by atoms with Crippen molar-refractivity contribution in [3.05, 3.63) is 35.9 Å². The molecule has 1 saturated heterocycles. The first-order valence-electron chi connectivity index (χ1n) is 5.37. The van der Waals surface area contributed by atoms with Gasteiger partial charge in [-0.05, 0) is 5.56 Å². The predicted octanol–water partition coefficient (Wildman–Crippen LogP) is 0.783. The van der Waals surface area contributed by atoms with Gasteiger partial charge in [-0.3, -0.25) is 0 Å². The number of hydrogen-bond acceptors (Lipinski definition) is 3. The maximum Gasteiger partial charge on any atom is 0.0766 e. The second kappa shape index (κ2) is 5.26. The van der Waals surface area contributed by atoms with Crippen LogP contribution in [0.1, 0.15) is 5.56 Å². The fourth-order valence-electron chi connectivity index (χ4n) is 1.86. The molecule has 1 aliphatic rings. The Morgan fingerprint density at radius 3 is 2.80 bits per heavy atom. The summed E-state index contributed by atoms with van der Waals surface area (Å²) in [6.45, 7) is 2.53. The first-order valence-corrected chi connectivity index (χ1v) is 5.37. The predicted molar refractivity (Wildman–Crippen MR) is 58.5 cm³/mol. The molecule has 3 heteroatoms. The van der Waals surface area contributed by atoms with E-state index in [1.165, 1.54) is 5.56 Å². The molecule has 0 radical (unpaired) electrons. The summed E-state index contributed by atoms with van der Waals surface area (Å²) in [6, 6.07) is 10.1. The molecule has 0 aromatic heterocycles. The van der Waals surface area contributed by atoms with Gasteiger partial charge >= 0.3 is 0 Å². The minimum absolute atomic E-state index is 0.148. The number of aliphatic hydroxyl groups is 1. The van der Waals surface area contributed by atoms with Crippen LogP contribution in [-0.4, -0.2) is 30.9 Å². The Balaban J connectivity index is 1.83. The van der Waals surface area contributed by atoms with E-state index >= 15 is 0 Å². The number of benzene rings is 1. The van der Waals surface area contributed by atoms with Crippen molar-refractivity contribution in [3.63, 3.8) is 0 Å². The molecule has 3 nitrogen and oxygen atoms in total. The van der Waals surface area contributed by atoms with Gasteiger partial charge in [-0.15, -0.1) is 0 Å². The molecule has 15 heavy (non-hydrogen) atoms. The Hall–Kier alpha value is -0.900. The molecule has 0 bridgehead atoms. The average molecular weight is 207 g/mol. The van der Waals surface area contributed by atoms with Crippen LogP contribution in [-0.2, 0) is 11.3 Å². The maximum atomic E-state index is 9.11. The Morgan fingerprint density at radius 1 is 1.27 bits per heavy atom. The fourth-order valence-corrected chi connectivity index (χ4v) is 1.86. The van der Waals surface area contributed by atoms with E-state index in [0.717, 1.165) is 13.1 Å². The molecule has 1 fully saturated rings. The Morgan fingerprint density at radius 2 is 2.07 bits per heavy atom. The van der Waals surface area contributed by atoms with Gasteiger partial charge < -0.3 is 15.2 Å². The van der Waals surface area contributed by atoms with Gasteiger partial charge in [-0.1, -0.05) is 30.3 Å². The van der Waals surface area contributed by atoms with Crippen molar-refractivity contribution >= 4 is 0 Å². The summed E-state index contributed by atoms with van der Waals surface area (Å²) in [5.74, 6) is 0.244. The largest absolute Gasteiger partial charge is 0.396 e. The van der Waals surface area contributed by atoms with Crippen LogP contribution < -0.4 is 5.32 Å². The monoisotopic (exact) mass is 207 g/mol. The normalized spacial score (nSPS) is 25.7. The highest BCUT2D eigenvalue weighted by atomic mass is 16.5. The van der Waals surface area contributed by atoms with E-state index < -0.39 is 0 Å². The fraction of sp³-hybridized carbons (Fsp3) is 0.500. The van der Waals surface area contributed by atoms with E-state index in [9.17, 15) is 0 Å². The lowest BCUT2D eigenvalue weighted by molar-refractivity contribution is 0.00999. The van der Waals surface area contributed by atoms with E-state index in [0.29, 0.717) is 6.61 Å². The highest BCUT2D eigenvalue weighted by molar-refractivity contribution is 5.13. The average Bonchev–Trinajstić information content (AvgIpc) is 2.75. The van der Waals surface area contributed by atoms with Crippen molar-refractivity contribution in [1.82, 2.24) is 5.32 Å². The van der Waals surface area contributed by atoms with E-state index in [-0.39, 0.29) is 18.6 Å². The Bertz CT molecular complexity index is 289. The third-order valence-corrected chi connectivity index (χ3v) is 2.82. The van der Waals surface area contributed by atoms with Crippen LogP contribution in [0.15, 0.2) is 30.3 Å². The molecular formula is C12H17NO2. The Kier molecular flexibility index (Phi) is 3.72. The number of nitrogens with one attached hydrogen (secondary N) is 1. The van der Waals surface area contributed by atoms with Crippen LogP contribution in [0.2, 0.25) is 0 Å². The Labute approximate surface area is 90.1 Å². The third-order valence-electron chi connectivity index (χ3n) is 2.82. The van der Waals surface area contributed by atoms with Crippen LogP contribution >= 0.6 is 0 Å². The van der Waals surface area contributed by atoms with Gasteiger partial charge in [0, 0.05) is 25.6 Å². The zero-order valence-electron chi connectivity index (χ0n) is 8.73. The molecule has 0 aliphatic carbocycles. The van der Waals surface area contributed by atoms with Crippen molar-refractivity contribution in [2.75, 3.05) is 19.7 Å². The van der Waals surface area contributed by atoms with Crippen molar-refractivity contribution in [1.29, 1.82) is 0 Å². The molecule has 0 saturated carbocycles. The molecule has 2 rings (SSSR count). The third kappa shape index (κ3) is 2.78. The van der Waals surface area contributed by atoms with E-state index in [1.807, 2.05) is 18.2 Å². The van der Waals surface area contributed by atoms with Gasteiger partial charge in [0.15, 0.2) is 0 Å². The molecule has 1 heterocycles. The standard InChI is InChI=1S/C12H17NO2/c14-8-11-6-13-7-12(11)15-9-10-4-2-1-3-5-10/h1-5,11-14H,6-9H2. The van der Waals surface area contributed by atoms with Gasteiger partial charge in [-0.2, -0.15) is 0 Å². The summed E-state index contributed by atoms with van der Waals surface area (Å²) in [4.78, 5) is 0. The molecule has 0 amide bonds. The molecule has 1 aliphatic heterocycles. The lowest BCUT2D eigenvalue weighted by Gasteiger charge is -2.16. The van der Waals surface area contributed by atoms with Gasteiger partial charge in [0.25, 0.3) is 0 Å². The minimum atomic E-state index is 0.148. The highest BCUT2D eigenvalue weighted by Crippen LogP contribution is 2.14. The van der Waals surface area contributed by atoms with Gasteiger partial charge in [0.05, 0.1) is 12.7 Å². The van der Waals surface area contributed by atoms with Crippen LogP contribution in [0.3, 0.4) is 0 Å². The van der Waals surface area contributed by atoms with Crippen molar-refractivity contribution in [3.8, 4) is 0 Å². The van der Waals surface area contributed by atoms with Crippen LogP contribution in [0.5, 0.6) is 0 Å². The zero-order chi connectivity index (χ0) is 10.5. The molecule has 1 aromatic carbocycles. The highest BCUT2D eigenvalue weighted by Gasteiger charge is 2.26. The number of rotatable bonds is 4. The quantitative estimate of drug-likeness (QED) is 0.766. The zero-order valence-corrected chi connectivity index (χ0v) is 8.73. The van der Waals surface area contributed by atoms with Gasteiger partial charge in [0.1, 0.15) is 0 Å². The SMILES string of the molecule is OCC1CNCC1OCc1ccccc1. The number of hydrogen-bond donors (Lipinski definition) is 2. The van der Waals surface area contributed by atoms with Crippen LogP contribution in [0.4, 0.5) is 0 Å². The number of ether oxygens (including phenoxy) is 1. The molecular weight excluding hydrogens is 190 g/mol. The minimum Gasteiger partial charge on any atom is -0.396 e. The second-order valence-corrected chi connectivity index (χ2v) is 3.94. The molecule has 2 N–H and O–H groups in total. The smallest absolute Gasteiger partial charge is 0.0766 e. The van der Waals surface area contributed by atoms with E-state index in [4.69, 9.17) is 9.84 Å². The molecule has 82 valence electrons. The topological polar surface area (TPSA) is 41.5 Å². The maximum absolute atomic E-state index is 9.11.